The Morgan fingerprint density at radius 1 is 1.46 bits per heavy atom. The summed E-state index contributed by atoms with van der Waals surface area (Å²) in [6.45, 7) is 6.51. The molecule has 1 aromatic rings. The van der Waals surface area contributed by atoms with Crippen LogP contribution in [0.5, 0.6) is 0 Å². The van der Waals surface area contributed by atoms with E-state index in [0.717, 1.165) is 5.82 Å². The molecule has 1 N–H and O–H groups in total. The van der Waals surface area contributed by atoms with Crippen molar-refractivity contribution in [3.63, 3.8) is 0 Å². The average molecular weight is 180 g/mol. The second-order valence-electron chi connectivity index (χ2n) is 3.82. The number of aromatic nitrogens is 2. The molecule has 0 amide bonds. The fraction of sp³-hybridized carbons (Fsp3) is 0.727. The van der Waals surface area contributed by atoms with Gasteiger partial charge in [-0.15, -0.1) is 0 Å². The molecule has 0 fully saturated rings. The molecule has 0 saturated carbocycles. The van der Waals surface area contributed by atoms with Crippen LogP contribution in [0, 0.1) is 6.92 Å². The molecule has 0 aromatic carbocycles. The van der Waals surface area contributed by atoms with E-state index in [1.165, 1.54) is 31.4 Å². The van der Waals surface area contributed by atoms with Gasteiger partial charge in [0.25, 0.3) is 0 Å². The van der Waals surface area contributed by atoms with Gasteiger partial charge in [0.1, 0.15) is 5.82 Å². The van der Waals surface area contributed by atoms with Gasteiger partial charge < -0.3 is 4.98 Å². The van der Waals surface area contributed by atoms with E-state index >= 15 is 0 Å². The quantitative estimate of drug-likeness (QED) is 0.691. The van der Waals surface area contributed by atoms with Gasteiger partial charge in [-0.05, 0) is 19.3 Å². The van der Waals surface area contributed by atoms with Crippen LogP contribution in [-0.2, 0) is 0 Å². The standard InChI is InChI=1S/C11H20N2/c1-4-5-6-7-9(2)11-8-12-10(3)13-11/h8-9H,4-7H2,1-3H3,(H,12,13). The number of hydrogen-bond acceptors (Lipinski definition) is 1. The Bertz CT molecular complexity index is 240. The summed E-state index contributed by atoms with van der Waals surface area (Å²) in [7, 11) is 0. The molecule has 0 aliphatic heterocycles. The number of H-pyrrole nitrogens is 1. The van der Waals surface area contributed by atoms with E-state index in [-0.39, 0.29) is 0 Å². The summed E-state index contributed by atoms with van der Waals surface area (Å²) in [5.41, 5.74) is 1.29. The first-order valence-corrected chi connectivity index (χ1v) is 5.25. The maximum Gasteiger partial charge on any atom is 0.103 e. The first kappa shape index (κ1) is 10.3. The molecule has 2 heteroatoms. The first-order valence-electron chi connectivity index (χ1n) is 5.25. The second kappa shape index (κ2) is 5.05. The number of aryl methyl sites for hydroxylation is 1. The highest BCUT2D eigenvalue weighted by molar-refractivity contribution is 5.05. The van der Waals surface area contributed by atoms with Crippen LogP contribution in [-0.4, -0.2) is 9.97 Å². The molecule has 0 aliphatic carbocycles. The molecule has 1 unspecified atom stereocenters. The summed E-state index contributed by atoms with van der Waals surface area (Å²) in [4.78, 5) is 7.50. The predicted molar refractivity (Wildman–Crippen MR) is 55.9 cm³/mol. The number of imidazole rings is 1. The molecule has 1 rings (SSSR count). The molecule has 0 bridgehead atoms. The molecule has 0 saturated heterocycles. The van der Waals surface area contributed by atoms with E-state index in [1.54, 1.807) is 0 Å². The van der Waals surface area contributed by atoms with Crippen LogP contribution in [0.2, 0.25) is 0 Å². The van der Waals surface area contributed by atoms with Crippen molar-refractivity contribution < 1.29 is 0 Å². The Morgan fingerprint density at radius 3 is 2.77 bits per heavy atom. The summed E-state index contributed by atoms with van der Waals surface area (Å²) < 4.78 is 0. The lowest BCUT2D eigenvalue weighted by atomic mass is 10.0. The third-order valence-corrected chi connectivity index (χ3v) is 2.49. The number of nitrogens with one attached hydrogen (secondary N) is 1. The van der Waals surface area contributed by atoms with Crippen molar-refractivity contribution in [1.29, 1.82) is 0 Å². The van der Waals surface area contributed by atoms with Gasteiger partial charge in [0.15, 0.2) is 0 Å². The second-order valence-corrected chi connectivity index (χ2v) is 3.82. The summed E-state index contributed by atoms with van der Waals surface area (Å²) >= 11 is 0. The van der Waals surface area contributed by atoms with Gasteiger partial charge in [-0.25, -0.2) is 4.98 Å². The van der Waals surface area contributed by atoms with Crippen LogP contribution >= 0.6 is 0 Å². The van der Waals surface area contributed by atoms with E-state index in [4.69, 9.17) is 0 Å². The van der Waals surface area contributed by atoms with Crippen molar-refractivity contribution in [2.24, 2.45) is 0 Å². The molecular formula is C11H20N2. The summed E-state index contributed by atoms with van der Waals surface area (Å²) in [5, 5.41) is 0. The number of hydrogen-bond donors (Lipinski definition) is 1. The van der Waals surface area contributed by atoms with Crippen molar-refractivity contribution in [3.8, 4) is 0 Å². The molecule has 1 aromatic heterocycles. The fourth-order valence-electron chi connectivity index (χ4n) is 1.55. The van der Waals surface area contributed by atoms with Crippen molar-refractivity contribution in [1.82, 2.24) is 9.97 Å². The summed E-state index contributed by atoms with van der Waals surface area (Å²) in [6, 6.07) is 0. The minimum Gasteiger partial charge on any atom is -0.346 e. The highest BCUT2D eigenvalue weighted by Crippen LogP contribution is 2.19. The van der Waals surface area contributed by atoms with Gasteiger partial charge in [0, 0.05) is 11.9 Å². The van der Waals surface area contributed by atoms with Crippen LogP contribution in [0.4, 0.5) is 0 Å². The monoisotopic (exact) mass is 180 g/mol. The molecule has 0 spiro atoms. The Hall–Kier alpha value is -0.790. The molecule has 1 atom stereocenters. The first-order chi connectivity index (χ1) is 6.24. The summed E-state index contributed by atoms with van der Waals surface area (Å²) in [6.07, 6.45) is 7.21. The van der Waals surface area contributed by atoms with Gasteiger partial charge in [-0.3, -0.25) is 0 Å². The maximum absolute atomic E-state index is 4.21. The van der Waals surface area contributed by atoms with E-state index in [2.05, 4.69) is 23.8 Å². The topological polar surface area (TPSA) is 28.7 Å². The molecule has 1 heterocycles. The lowest BCUT2D eigenvalue weighted by molar-refractivity contribution is 0.589. The van der Waals surface area contributed by atoms with Crippen LogP contribution in [0.3, 0.4) is 0 Å². The zero-order valence-corrected chi connectivity index (χ0v) is 8.93. The van der Waals surface area contributed by atoms with Crippen molar-refractivity contribution >= 4 is 0 Å². The third-order valence-electron chi connectivity index (χ3n) is 2.49. The minimum absolute atomic E-state index is 0.632. The highest BCUT2D eigenvalue weighted by Gasteiger charge is 2.06. The van der Waals surface area contributed by atoms with E-state index in [9.17, 15) is 0 Å². The van der Waals surface area contributed by atoms with Gasteiger partial charge in [-0.1, -0.05) is 33.1 Å². The zero-order chi connectivity index (χ0) is 9.68. The van der Waals surface area contributed by atoms with Crippen LogP contribution in [0.25, 0.3) is 0 Å². The summed E-state index contributed by atoms with van der Waals surface area (Å²) in [5.74, 6) is 1.66. The molecule has 0 aliphatic rings. The number of aromatic amines is 1. The smallest absolute Gasteiger partial charge is 0.103 e. The lowest BCUT2D eigenvalue weighted by Crippen LogP contribution is -1.93. The molecule has 13 heavy (non-hydrogen) atoms. The predicted octanol–water partition coefficient (Wildman–Crippen LogP) is 3.40. The van der Waals surface area contributed by atoms with E-state index < -0.39 is 0 Å². The van der Waals surface area contributed by atoms with Crippen LogP contribution in [0.1, 0.15) is 57.0 Å². The molecule has 2 nitrogen and oxygen atoms in total. The van der Waals surface area contributed by atoms with Gasteiger partial charge in [-0.2, -0.15) is 0 Å². The van der Waals surface area contributed by atoms with Crippen molar-refractivity contribution in [2.45, 2.75) is 52.4 Å². The normalized spacial score (nSPS) is 13.2. The van der Waals surface area contributed by atoms with Crippen LogP contribution in [0.15, 0.2) is 6.20 Å². The number of nitrogens with zero attached hydrogens (tertiary/aromatic N) is 1. The van der Waals surface area contributed by atoms with E-state index in [1.807, 2.05) is 13.1 Å². The van der Waals surface area contributed by atoms with Gasteiger partial charge >= 0.3 is 0 Å². The number of unbranched alkanes of at least 4 members (excludes halogenated alkanes) is 2. The number of rotatable bonds is 5. The van der Waals surface area contributed by atoms with E-state index in [0.29, 0.717) is 5.92 Å². The third kappa shape index (κ3) is 3.21. The minimum atomic E-state index is 0.632. The van der Waals surface area contributed by atoms with Crippen LogP contribution < -0.4 is 0 Å². The fourth-order valence-corrected chi connectivity index (χ4v) is 1.55. The Kier molecular flexibility index (Phi) is 4.00. The Labute approximate surface area is 80.8 Å². The SMILES string of the molecule is CCCCCC(C)c1cnc(C)[nH]1. The molecule has 74 valence electrons. The van der Waals surface area contributed by atoms with Crippen molar-refractivity contribution in [2.75, 3.05) is 0 Å². The van der Waals surface area contributed by atoms with Gasteiger partial charge in [0.05, 0.1) is 0 Å². The Morgan fingerprint density at radius 2 is 2.23 bits per heavy atom. The highest BCUT2D eigenvalue weighted by atomic mass is 14.9. The Balaban J connectivity index is 2.35. The lowest BCUT2D eigenvalue weighted by Gasteiger charge is -2.07. The van der Waals surface area contributed by atoms with Gasteiger partial charge in [0.2, 0.25) is 0 Å². The van der Waals surface area contributed by atoms with Crippen molar-refractivity contribution in [3.05, 3.63) is 17.7 Å². The average Bonchev–Trinajstić information content (AvgIpc) is 2.52. The zero-order valence-electron chi connectivity index (χ0n) is 8.93. The molecule has 0 radical (unpaired) electrons. The molecular weight excluding hydrogens is 160 g/mol. The largest absolute Gasteiger partial charge is 0.346 e. The maximum atomic E-state index is 4.21.